The van der Waals surface area contributed by atoms with Crippen molar-refractivity contribution in [3.05, 3.63) is 12.2 Å². The number of rotatable bonds is 5. The third kappa shape index (κ3) is 5.06. The molecule has 1 unspecified atom stereocenters. The molecule has 0 aromatic rings. The average Bonchev–Trinajstić information content (AvgIpc) is 2.39. The topological polar surface area (TPSA) is 102 Å². The van der Waals surface area contributed by atoms with Crippen molar-refractivity contribution < 1.29 is 33.7 Å². The number of aliphatic hydroxyl groups is 1. The number of hydrogen-bond acceptors (Lipinski definition) is 7. The second-order valence-electron chi connectivity index (χ2n) is 3.61. The van der Waals surface area contributed by atoms with Gasteiger partial charge in [0.15, 0.2) is 6.23 Å². The summed E-state index contributed by atoms with van der Waals surface area (Å²) in [6, 6.07) is 0. The lowest BCUT2D eigenvalue weighted by Crippen LogP contribution is -2.50. The molecule has 0 radical (unpaired) electrons. The number of esters is 2. The van der Waals surface area contributed by atoms with Crippen molar-refractivity contribution in [2.45, 2.75) is 6.23 Å². The Balaban J connectivity index is 2.29. The summed E-state index contributed by atoms with van der Waals surface area (Å²) >= 11 is 0. The molecule has 1 atom stereocenters. The first kappa shape index (κ1) is 15.1. The number of hydrogen-bond donors (Lipinski definition) is 1. The molecule has 1 amide bonds. The van der Waals surface area contributed by atoms with Gasteiger partial charge in [-0.05, 0) is 0 Å². The Labute approximate surface area is 109 Å². The minimum absolute atomic E-state index is 0.0297. The second kappa shape index (κ2) is 7.49. The first-order valence-electron chi connectivity index (χ1n) is 5.52. The van der Waals surface area contributed by atoms with Gasteiger partial charge in [-0.25, -0.2) is 9.59 Å². The third-order valence-electron chi connectivity index (χ3n) is 2.31. The molecule has 1 aliphatic rings. The Hall–Kier alpha value is -1.93. The maximum absolute atomic E-state index is 11.4. The maximum Gasteiger partial charge on any atom is 0.331 e. The smallest absolute Gasteiger partial charge is 0.331 e. The van der Waals surface area contributed by atoms with Crippen molar-refractivity contribution in [1.29, 1.82) is 0 Å². The molecule has 8 nitrogen and oxygen atoms in total. The fraction of sp³-hybridized carbons (Fsp3) is 0.545. The van der Waals surface area contributed by atoms with Gasteiger partial charge in [0.25, 0.3) is 5.91 Å². The van der Waals surface area contributed by atoms with E-state index in [9.17, 15) is 19.5 Å². The van der Waals surface area contributed by atoms with Gasteiger partial charge in [0.05, 0.1) is 20.3 Å². The average molecular weight is 273 g/mol. The molecule has 0 spiro atoms. The van der Waals surface area contributed by atoms with E-state index in [0.717, 1.165) is 17.1 Å². The molecule has 0 bridgehead atoms. The van der Waals surface area contributed by atoms with E-state index in [1.807, 2.05) is 0 Å². The summed E-state index contributed by atoms with van der Waals surface area (Å²) in [5, 5.41) is 9.48. The van der Waals surface area contributed by atoms with Crippen molar-refractivity contribution in [3.8, 4) is 0 Å². The van der Waals surface area contributed by atoms with Gasteiger partial charge in [0, 0.05) is 12.2 Å². The third-order valence-corrected chi connectivity index (χ3v) is 2.31. The summed E-state index contributed by atoms with van der Waals surface area (Å²) in [6.45, 7) is -0.108. The Morgan fingerprint density at radius 1 is 1.47 bits per heavy atom. The monoisotopic (exact) mass is 273 g/mol. The highest BCUT2D eigenvalue weighted by molar-refractivity contribution is 5.91. The molecule has 1 aliphatic heterocycles. The number of ether oxygens (including phenoxy) is 3. The summed E-state index contributed by atoms with van der Waals surface area (Å²) in [5.74, 6) is -1.78. The zero-order chi connectivity index (χ0) is 14.3. The predicted molar refractivity (Wildman–Crippen MR) is 60.7 cm³/mol. The van der Waals surface area contributed by atoms with Crippen molar-refractivity contribution in [2.75, 3.05) is 33.5 Å². The largest absolute Gasteiger partial charge is 0.466 e. The Bertz CT molecular complexity index is 379. The Morgan fingerprint density at radius 2 is 2.16 bits per heavy atom. The lowest BCUT2D eigenvalue weighted by Gasteiger charge is -2.31. The van der Waals surface area contributed by atoms with Crippen LogP contribution in [0.4, 0.5) is 0 Å². The SMILES string of the molecule is COC(=O)/C=C/C(=O)OCCN1C(=O)COCC1O. The van der Waals surface area contributed by atoms with Crippen LogP contribution >= 0.6 is 0 Å². The molecule has 0 aromatic carbocycles. The van der Waals surface area contributed by atoms with Gasteiger partial charge in [-0.2, -0.15) is 0 Å². The van der Waals surface area contributed by atoms with E-state index < -0.39 is 18.2 Å². The van der Waals surface area contributed by atoms with Crippen molar-refractivity contribution >= 4 is 17.8 Å². The van der Waals surface area contributed by atoms with Gasteiger partial charge in [-0.15, -0.1) is 0 Å². The number of morpholine rings is 1. The van der Waals surface area contributed by atoms with E-state index in [0.29, 0.717) is 0 Å². The molecule has 8 heteroatoms. The predicted octanol–water partition coefficient (Wildman–Crippen LogP) is -1.56. The molecule has 0 aliphatic carbocycles. The lowest BCUT2D eigenvalue weighted by molar-refractivity contribution is -0.168. The van der Waals surface area contributed by atoms with Crippen LogP contribution < -0.4 is 0 Å². The van der Waals surface area contributed by atoms with Crippen LogP contribution in [0.25, 0.3) is 0 Å². The van der Waals surface area contributed by atoms with Crippen LogP contribution in [0.2, 0.25) is 0 Å². The minimum atomic E-state index is -1.04. The van der Waals surface area contributed by atoms with E-state index in [1.54, 1.807) is 0 Å². The second-order valence-corrected chi connectivity index (χ2v) is 3.61. The molecular weight excluding hydrogens is 258 g/mol. The van der Waals surface area contributed by atoms with Crippen LogP contribution in [0.15, 0.2) is 12.2 Å². The summed E-state index contributed by atoms with van der Waals surface area (Å²) in [7, 11) is 1.18. The van der Waals surface area contributed by atoms with E-state index in [-0.39, 0.29) is 32.3 Å². The summed E-state index contributed by atoms with van der Waals surface area (Å²) in [4.78, 5) is 34.4. The highest BCUT2D eigenvalue weighted by atomic mass is 16.5. The quantitative estimate of drug-likeness (QED) is 0.477. The van der Waals surface area contributed by atoms with Crippen molar-refractivity contribution in [1.82, 2.24) is 4.90 Å². The van der Waals surface area contributed by atoms with Crippen LogP contribution in [0, 0.1) is 0 Å². The maximum atomic E-state index is 11.4. The van der Waals surface area contributed by atoms with Crippen LogP contribution in [-0.2, 0) is 28.6 Å². The Kier molecular flexibility index (Phi) is 5.97. The van der Waals surface area contributed by atoms with Crippen LogP contribution in [0.3, 0.4) is 0 Å². The molecule has 0 aromatic heterocycles. The first-order valence-corrected chi connectivity index (χ1v) is 5.52. The molecule has 19 heavy (non-hydrogen) atoms. The number of aliphatic hydroxyl groups excluding tert-OH is 1. The van der Waals surface area contributed by atoms with E-state index in [1.165, 1.54) is 7.11 Å². The molecule has 1 N–H and O–H groups in total. The lowest BCUT2D eigenvalue weighted by atomic mass is 10.3. The number of carbonyl (C=O) groups is 3. The summed E-state index contributed by atoms with van der Waals surface area (Å²) < 4.78 is 13.9. The fourth-order valence-corrected chi connectivity index (χ4v) is 1.36. The number of amides is 1. The van der Waals surface area contributed by atoms with Gasteiger partial charge in [-0.1, -0.05) is 0 Å². The molecule has 1 heterocycles. The molecule has 0 saturated carbocycles. The molecule has 1 saturated heterocycles. The number of carbonyl (C=O) groups excluding carboxylic acids is 3. The van der Waals surface area contributed by atoms with Crippen molar-refractivity contribution in [2.24, 2.45) is 0 Å². The molecule has 1 fully saturated rings. The van der Waals surface area contributed by atoms with Crippen LogP contribution in [-0.4, -0.2) is 67.6 Å². The number of nitrogens with zero attached hydrogens (tertiary/aromatic N) is 1. The fourth-order valence-electron chi connectivity index (χ4n) is 1.36. The van der Waals surface area contributed by atoms with E-state index in [2.05, 4.69) is 4.74 Å². The highest BCUT2D eigenvalue weighted by Crippen LogP contribution is 2.04. The van der Waals surface area contributed by atoms with Gasteiger partial charge < -0.3 is 24.2 Å². The zero-order valence-corrected chi connectivity index (χ0v) is 10.4. The van der Waals surface area contributed by atoms with Gasteiger partial charge in [-0.3, -0.25) is 4.79 Å². The Morgan fingerprint density at radius 3 is 2.79 bits per heavy atom. The van der Waals surface area contributed by atoms with Crippen LogP contribution in [0.1, 0.15) is 0 Å². The van der Waals surface area contributed by atoms with Crippen molar-refractivity contribution in [3.63, 3.8) is 0 Å². The number of methoxy groups -OCH3 is 1. The first-order chi connectivity index (χ1) is 9.04. The normalized spacial score (nSPS) is 19.6. The standard InChI is InChI=1S/C11H15NO7/c1-17-10(15)2-3-11(16)19-5-4-12-8(13)6-18-7-9(12)14/h2-3,8,13H,4-7H2,1H3/b3-2+. The van der Waals surface area contributed by atoms with Gasteiger partial charge in [0.2, 0.25) is 0 Å². The van der Waals surface area contributed by atoms with Gasteiger partial charge >= 0.3 is 11.9 Å². The molecule has 106 valence electrons. The minimum Gasteiger partial charge on any atom is -0.466 e. The summed E-state index contributed by atoms with van der Waals surface area (Å²) in [5.41, 5.74) is 0. The molecular formula is C11H15NO7. The highest BCUT2D eigenvalue weighted by Gasteiger charge is 2.26. The van der Waals surface area contributed by atoms with Crippen LogP contribution in [0.5, 0.6) is 0 Å². The van der Waals surface area contributed by atoms with E-state index >= 15 is 0 Å². The van der Waals surface area contributed by atoms with Gasteiger partial charge in [0.1, 0.15) is 13.2 Å². The summed E-state index contributed by atoms with van der Waals surface area (Å²) in [6.07, 6.45) is 0.811. The molecule has 1 rings (SSSR count). The zero-order valence-electron chi connectivity index (χ0n) is 10.4. The van der Waals surface area contributed by atoms with E-state index in [4.69, 9.17) is 9.47 Å².